The number of sulfonamides is 1. The highest BCUT2D eigenvalue weighted by Gasteiger charge is 2.39. The molecule has 1 aliphatic rings. The van der Waals surface area contributed by atoms with Gasteiger partial charge in [-0.05, 0) is 46.7 Å². The third-order valence-electron chi connectivity index (χ3n) is 3.94. The van der Waals surface area contributed by atoms with E-state index in [-0.39, 0.29) is 6.04 Å². The van der Waals surface area contributed by atoms with Crippen LogP contribution in [0.25, 0.3) is 0 Å². The Morgan fingerprint density at radius 1 is 1.38 bits per heavy atom. The molecule has 0 aliphatic heterocycles. The Balaban J connectivity index is 2.30. The van der Waals surface area contributed by atoms with E-state index in [0.717, 1.165) is 38.0 Å². The average Bonchev–Trinajstić information content (AvgIpc) is 3.17. The Morgan fingerprint density at radius 2 is 2.05 bits per heavy atom. The molecule has 0 amide bonds. The highest BCUT2D eigenvalue weighted by Crippen LogP contribution is 2.33. The molecule has 0 aromatic carbocycles. The van der Waals surface area contributed by atoms with E-state index in [9.17, 15) is 8.42 Å². The topological polar surface area (TPSA) is 67.2 Å². The average molecular weight is 314 g/mol. The summed E-state index contributed by atoms with van der Waals surface area (Å²) in [4.78, 5) is 0.403. The first-order valence-corrected chi connectivity index (χ1v) is 9.08. The minimum Gasteiger partial charge on any atom is -0.320 e. The second kappa shape index (κ2) is 6.46. The lowest BCUT2D eigenvalue weighted by molar-refractivity contribution is 0.420. The van der Waals surface area contributed by atoms with Crippen molar-refractivity contribution in [1.82, 2.24) is 19.4 Å². The number of hydrogen-bond donors (Lipinski definition) is 1. The maximum atomic E-state index is 12.9. The van der Waals surface area contributed by atoms with Crippen molar-refractivity contribution in [2.45, 2.75) is 57.5 Å². The zero-order valence-corrected chi connectivity index (χ0v) is 14.2. The van der Waals surface area contributed by atoms with Crippen LogP contribution < -0.4 is 5.32 Å². The van der Waals surface area contributed by atoms with E-state index in [1.807, 2.05) is 25.6 Å². The van der Waals surface area contributed by atoms with Gasteiger partial charge in [-0.2, -0.15) is 9.40 Å². The van der Waals surface area contributed by atoms with Crippen molar-refractivity contribution in [3.05, 3.63) is 11.4 Å². The maximum Gasteiger partial charge on any atom is 0.246 e. The zero-order valence-electron chi connectivity index (χ0n) is 13.4. The first-order valence-electron chi connectivity index (χ1n) is 7.64. The van der Waals surface area contributed by atoms with Gasteiger partial charge < -0.3 is 5.32 Å². The fraction of sp³-hybridized carbons (Fsp3) is 0.786. The number of rotatable bonds is 8. The van der Waals surface area contributed by atoms with Gasteiger partial charge in [0.05, 0.1) is 11.4 Å². The third-order valence-corrected chi connectivity index (χ3v) is 6.22. The standard InChI is InChI=1S/C14H26N4O2S/c1-5-18(13-7-8-13)21(19,20)14-11(2)16-17(12(14)3)10-6-9-15-4/h13,15H,5-10H2,1-4H3. The van der Waals surface area contributed by atoms with Crippen molar-refractivity contribution in [3.8, 4) is 0 Å². The lowest BCUT2D eigenvalue weighted by atomic mass is 10.4. The van der Waals surface area contributed by atoms with Crippen LogP contribution in [-0.2, 0) is 16.6 Å². The first kappa shape index (κ1) is 16.5. The SMILES string of the molecule is CCN(C1CC1)S(=O)(=O)c1c(C)nn(CCCNC)c1C. The molecule has 1 aromatic heterocycles. The first-order chi connectivity index (χ1) is 9.93. The molecule has 1 aromatic rings. The molecule has 0 saturated heterocycles. The van der Waals surface area contributed by atoms with E-state index in [1.54, 1.807) is 11.2 Å². The Labute approximate surface area is 127 Å². The van der Waals surface area contributed by atoms with E-state index in [4.69, 9.17) is 0 Å². The lowest BCUT2D eigenvalue weighted by Crippen LogP contribution is -2.33. The molecule has 0 radical (unpaired) electrons. The van der Waals surface area contributed by atoms with Crippen LogP contribution in [0.1, 0.15) is 37.6 Å². The van der Waals surface area contributed by atoms with Crippen molar-refractivity contribution in [2.75, 3.05) is 20.1 Å². The summed E-state index contributed by atoms with van der Waals surface area (Å²) in [5.74, 6) is 0. The fourth-order valence-corrected chi connectivity index (χ4v) is 4.85. The molecule has 2 rings (SSSR count). The molecule has 1 saturated carbocycles. The Bertz CT molecular complexity index is 590. The summed E-state index contributed by atoms with van der Waals surface area (Å²) in [5, 5.41) is 7.52. The Hall–Kier alpha value is -0.920. The number of hydrogen-bond acceptors (Lipinski definition) is 4. The van der Waals surface area contributed by atoms with Crippen LogP contribution in [0.15, 0.2) is 4.90 Å². The van der Waals surface area contributed by atoms with E-state index in [0.29, 0.717) is 17.1 Å². The summed E-state index contributed by atoms with van der Waals surface area (Å²) in [6.07, 6.45) is 2.88. The van der Waals surface area contributed by atoms with Crippen molar-refractivity contribution in [2.24, 2.45) is 0 Å². The smallest absolute Gasteiger partial charge is 0.246 e. The molecule has 7 heteroatoms. The summed E-state index contributed by atoms with van der Waals surface area (Å²) in [6, 6.07) is 0.187. The van der Waals surface area contributed by atoms with Crippen LogP contribution in [0.5, 0.6) is 0 Å². The predicted octanol–water partition coefficient (Wildman–Crippen LogP) is 1.28. The van der Waals surface area contributed by atoms with Gasteiger partial charge in [0, 0.05) is 19.1 Å². The number of aromatic nitrogens is 2. The highest BCUT2D eigenvalue weighted by molar-refractivity contribution is 7.89. The van der Waals surface area contributed by atoms with Gasteiger partial charge in [-0.3, -0.25) is 4.68 Å². The van der Waals surface area contributed by atoms with Crippen LogP contribution >= 0.6 is 0 Å². The normalized spacial score (nSPS) is 15.9. The Kier molecular flexibility index (Phi) is 5.06. The molecule has 0 spiro atoms. The number of aryl methyl sites for hydroxylation is 2. The summed E-state index contributed by atoms with van der Waals surface area (Å²) < 4.78 is 29.2. The van der Waals surface area contributed by atoms with Crippen molar-refractivity contribution >= 4 is 10.0 Å². The summed E-state index contributed by atoms with van der Waals surface area (Å²) >= 11 is 0. The third kappa shape index (κ3) is 3.30. The van der Waals surface area contributed by atoms with Crippen LogP contribution in [0.4, 0.5) is 0 Å². The zero-order chi connectivity index (χ0) is 15.6. The quantitative estimate of drug-likeness (QED) is 0.734. The largest absolute Gasteiger partial charge is 0.320 e. The second-order valence-electron chi connectivity index (χ2n) is 5.62. The minimum atomic E-state index is -3.42. The molecule has 1 aliphatic carbocycles. The molecular weight excluding hydrogens is 288 g/mol. The molecule has 1 N–H and O–H groups in total. The van der Waals surface area contributed by atoms with E-state index in [1.165, 1.54) is 0 Å². The van der Waals surface area contributed by atoms with Gasteiger partial charge in [-0.15, -0.1) is 0 Å². The predicted molar refractivity (Wildman–Crippen MR) is 82.8 cm³/mol. The minimum absolute atomic E-state index is 0.187. The van der Waals surface area contributed by atoms with E-state index < -0.39 is 10.0 Å². The highest BCUT2D eigenvalue weighted by atomic mass is 32.2. The van der Waals surface area contributed by atoms with Crippen molar-refractivity contribution in [1.29, 1.82) is 0 Å². The summed E-state index contributed by atoms with van der Waals surface area (Å²) in [6.45, 7) is 7.69. The van der Waals surface area contributed by atoms with Crippen LogP contribution in [0, 0.1) is 13.8 Å². The van der Waals surface area contributed by atoms with Gasteiger partial charge in [0.2, 0.25) is 10.0 Å². The molecule has 6 nitrogen and oxygen atoms in total. The van der Waals surface area contributed by atoms with Gasteiger partial charge >= 0.3 is 0 Å². The van der Waals surface area contributed by atoms with Crippen molar-refractivity contribution < 1.29 is 8.42 Å². The molecule has 1 heterocycles. The van der Waals surface area contributed by atoms with Crippen LogP contribution in [0.3, 0.4) is 0 Å². The maximum absolute atomic E-state index is 12.9. The van der Waals surface area contributed by atoms with Gasteiger partial charge in [0.25, 0.3) is 0 Å². The molecule has 1 fully saturated rings. The fourth-order valence-electron chi connectivity index (χ4n) is 2.78. The van der Waals surface area contributed by atoms with Gasteiger partial charge in [0.15, 0.2) is 0 Å². The molecule has 21 heavy (non-hydrogen) atoms. The summed E-state index contributed by atoms with van der Waals surface area (Å²) in [7, 11) is -1.52. The van der Waals surface area contributed by atoms with Gasteiger partial charge in [-0.1, -0.05) is 6.92 Å². The molecule has 0 atom stereocenters. The van der Waals surface area contributed by atoms with Gasteiger partial charge in [-0.25, -0.2) is 8.42 Å². The Morgan fingerprint density at radius 3 is 2.57 bits per heavy atom. The molecule has 0 bridgehead atoms. The molecule has 120 valence electrons. The lowest BCUT2D eigenvalue weighted by Gasteiger charge is -2.20. The molecule has 0 unspecified atom stereocenters. The monoisotopic (exact) mass is 314 g/mol. The van der Waals surface area contributed by atoms with Crippen LogP contribution in [0.2, 0.25) is 0 Å². The van der Waals surface area contributed by atoms with E-state index in [2.05, 4.69) is 10.4 Å². The number of nitrogens with one attached hydrogen (secondary N) is 1. The summed E-state index contributed by atoms with van der Waals surface area (Å²) in [5.41, 5.74) is 1.36. The molecular formula is C14H26N4O2S. The van der Waals surface area contributed by atoms with E-state index >= 15 is 0 Å². The van der Waals surface area contributed by atoms with Gasteiger partial charge in [0.1, 0.15) is 4.90 Å². The van der Waals surface area contributed by atoms with Crippen LogP contribution in [-0.4, -0.2) is 48.7 Å². The van der Waals surface area contributed by atoms with Crippen molar-refractivity contribution in [3.63, 3.8) is 0 Å². The number of nitrogens with zero attached hydrogens (tertiary/aromatic N) is 3. The second-order valence-corrected chi connectivity index (χ2v) is 7.45.